The number of hydrogen-bond acceptors (Lipinski definition) is 4. The number of rotatable bonds is 2. The molecule has 0 aromatic carbocycles. The van der Waals surface area contributed by atoms with E-state index in [1.807, 2.05) is 0 Å². The number of hydrogen-bond donors (Lipinski definition) is 2. The molecule has 0 bridgehead atoms. The van der Waals surface area contributed by atoms with E-state index in [4.69, 9.17) is 11.5 Å². The molecule has 4 N–H and O–H groups in total. The van der Waals surface area contributed by atoms with Crippen LogP contribution in [-0.4, -0.2) is 18.6 Å². The molecule has 0 fully saturated rings. The average Bonchev–Trinajstić information content (AvgIpc) is 2.32. The molecule has 0 aromatic heterocycles. The summed E-state index contributed by atoms with van der Waals surface area (Å²) in [5, 5.41) is 0. The molecule has 6 nitrogen and oxygen atoms in total. The van der Waals surface area contributed by atoms with Gasteiger partial charge in [0.2, 0.25) is 18.3 Å². The van der Waals surface area contributed by atoms with Gasteiger partial charge in [0, 0.05) is 0 Å². The number of carbonyl (C=O) groups is 2. The molecule has 11 heavy (non-hydrogen) atoms. The summed E-state index contributed by atoms with van der Waals surface area (Å²) < 4.78 is 9.14. The lowest BCUT2D eigenvalue weighted by Crippen LogP contribution is -2.21. The van der Waals surface area contributed by atoms with Crippen LogP contribution in [0.5, 0.6) is 0 Å². The minimum atomic E-state index is -0.865. The average molecular weight is 158 g/mol. The predicted molar refractivity (Wildman–Crippen MR) is 32.5 cm³/mol. The van der Waals surface area contributed by atoms with Gasteiger partial charge in [-0.1, -0.05) is 0 Å². The topological polar surface area (TPSA) is 105 Å². The van der Waals surface area contributed by atoms with E-state index >= 15 is 0 Å². The molecule has 2 amide bonds. The van der Waals surface area contributed by atoms with Crippen molar-refractivity contribution < 1.29 is 19.1 Å². The van der Waals surface area contributed by atoms with Gasteiger partial charge in [-0.15, -0.1) is 0 Å². The summed E-state index contributed by atoms with van der Waals surface area (Å²) in [6.07, 6.45) is 0. The lowest BCUT2D eigenvalue weighted by molar-refractivity contribution is -0.119. The molecule has 1 aliphatic rings. The number of amides is 2. The Hall–Kier alpha value is -1.72. The molecule has 1 heterocycles. The van der Waals surface area contributed by atoms with Crippen LogP contribution in [0.4, 0.5) is 0 Å². The number of carbonyl (C=O) groups excluding carboxylic acids is 2. The molecule has 0 saturated heterocycles. The Morgan fingerprint density at radius 2 is 1.45 bits per heavy atom. The predicted octanol–water partition coefficient (Wildman–Crippen LogP) is -1.83. The maximum atomic E-state index is 10.5. The van der Waals surface area contributed by atoms with Gasteiger partial charge in [-0.3, -0.25) is 9.59 Å². The van der Waals surface area contributed by atoms with Crippen molar-refractivity contribution >= 4 is 11.8 Å². The van der Waals surface area contributed by atoms with E-state index in [-0.39, 0.29) is 18.3 Å². The van der Waals surface area contributed by atoms with Gasteiger partial charge in [0.1, 0.15) is 0 Å². The summed E-state index contributed by atoms with van der Waals surface area (Å²) in [6, 6.07) is 0. The van der Waals surface area contributed by atoms with Crippen LogP contribution in [0.3, 0.4) is 0 Å². The number of primary amides is 2. The van der Waals surface area contributed by atoms with Gasteiger partial charge in [-0.2, -0.15) is 0 Å². The molecular formula is C5H6N2O4. The van der Waals surface area contributed by atoms with E-state index < -0.39 is 11.8 Å². The van der Waals surface area contributed by atoms with Gasteiger partial charge in [0.25, 0.3) is 11.8 Å². The number of ether oxygens (including phenoxy) is 2. The molecule has 0 atom stereocenters. The van der Waals surface area contributed by atoms with Crippen LogP contribution in [0.1, 0.15) is 0 Å². The Kier molecular flexibility index (Phi) is 1.67. The van der Waals surface area contributed by atoms with Crippen LogP contribution in [-0.2, 0) is 19.1 Å². The van der Waals surface area contributed by atoms with E-state index in [1.54, 1.807) is 0 Å². The molecule has 0 radical (unpaired) electrons. The molecule has 1 aliphatic heterocycles. The second-order valence-corrected chi connectivity index (χ2v) is 1.79. The van der Waals surface area contributed by atoms with Crippen molar-refractivity contribution in [1.82, 2.24) is 0 Å². The van der Waals surface area contributed by atoms with Crippen LogP contribution in [0.25, 0.3) is 0 Å². The summed E-state index contributed by atoms with van der Waals surface area (Å²) in [4.78, 5) is 20.9. The molecule has 60 valence electrons. The second kappa shape index (κ2) is 2.49. The third kappa shape index (κ3) is 1.23. The molecule has 1 rings (SSSR count). The zero-order valence-corrected chi connectivity index (χ0v) is 5.49. The summed E-state index contributed by atoms with van der Waals surface area (Å²) in [6.45, 7) is -0.198. The largest absolute Gasteiger partial charge is 0.448 e. The first kappa shape index (κ1) is 7.39. The minimum Gasteiger partial charge on any atom is -0.448 e. The summed E-state index contributed by atoms with van der Waals surface area (Å²) >= 11 is 0. The third-order valence-corrected chi connectivity index (χ3v) is 1.06. The molecule has 0 unspecified atom stereocenters. The highest BCUT2D eigenvalue weighted by Gasteiger charge is 2.26. The van der Waals surface area contributed by atoms with Crippen LogP contribution in [0, 0.1) is 0 Å². The highest BCUT2D eigenvalue weighted by Crippen LogP contribution is 2.14. The first-order valence-electron chi connectivity index (χ1n) is 2.72. The van der Waals surface area contributed by atoms with Crippen molar-refractivity contribution in [2.24, 2.45) is 11.5 Å². The van der Waals surface area contributed by atoms with Gasteiger partial charge in [0.15, 0.2) is 0 Å². The van der Waals surface area contributed by atoms with Gasteiger partial charge >= 0.3 is 0 Å². The quantitative estimate of drug-likeness (QED) is 0.493. The standard InChI is InChI=1S/C5H6N2O4/c6-4(8)2-3(5(7)9)11-1-10-2/h1H2,(H2,6,8)(H2,7,9). The number of nitrogens with two attached hydrogens (primary N) is 2. The monoisotopic (exact) mass is 158 g/mol. The maximum Gasteiger partial charge on any atom is 0.288 e. The van der Waals surface area contributed by atoms with Crippen LogP contribution in [0.2, 0.25) is 0 Å². The Balaban J connectivity index is 2.95. The van der Waals surface area contributed by atoms with E-state index in [2.05, 4.69) is 9.47 Å². The fourth-order valence-electron chi connectivity index (χ4n) is 0.644. The zero-order chi connectivity index (χ0) is 8.43. The van der Waals surface area contributed by atoms with Crippen molar-refractivity contribution in [2.45, 2.75) is 0 Å². The SMILES string of the molecule is NC(=O)C1=C(C(N)=O)OCO1. The van der Waals surface area contributed by atoms with Crippen LogP contribution >= 0.6 is 0 Å². The Labute approximate surface area is 61.7 Å². The lowest BCUT2D eigenvalue weighted by atomic mass is 10.4. The molecule has 0 aromatic rings. The van der Waals surface area contributed by atoms with Crippen LogP contribution < -0.4 is 11.5 Å². The second-order valence-electron chi connectivity index (χ2n) is 1.79. The first-order valence-corrected chi connectivity index (χ1v) is 2.72. The van der Waals surface area contributed by atoms with E-state index in [1.165, 1.54) is 0 Å². The van der Waals surface area contributed by atoms with Crippen molar-refractivity contribution in [3.63, 3.8) is 0 Å². The minimum absolute atomic E-state index is 0.198. The van der Waals surface area contributed by atoms with Crippen LogP contribution in [0.15, 0.2) is 11.5 Å². The lowest BCUT2D eigenvalue weighted by Gasteiger charge is -1.93. The fourth-order valence-corrected chi connectivity index (χ4v) is 0.644. The van der Waals surface area contributed by atoms with E-state index in [9.17, 15) is 9.59 Å². The molecule has 0 saturated carbocycles. The van der Waals surface area contributed by atoms with E-state index in [0.29, 0.717) is 0 Å². The highest BCUT2D eigenvalue weighted by molar-refractivity contribution is 6.01. The van der Waals surface area contributed by atoms with Gasteiger partial charge in [-0.25, -0.2) is 0 Å². The fraction of sp³-hybridized carbons (Fsp3) is 0.200. The van der Waals surface area contributed by atoms with E-state index in [0.717, 1.165) is 0 Å². The van der Waals surface area contributed by atoms with Gasteiger partial charge in [0.05, 0.1) is 0 Å². The highest BCUT2D eigenvalue weighted by atomic mass is 16.7. The normalized spacial score (nSPS) is 15.6. The summed E-state index contributed by atoms with van der Waals surface area (Å²) in [7, 11) is 0. The molecule has 0 spiro atoms. The molecule has 6 heteroatoms. The third-order valence-electron chi connectivity index (χ3n) is 1.06. The van der Waals surface area contributed by atoms with Crippen molar-refractivity contribution in [1.29, 1.82) is 0 Å². The Morgan fingerprint density at radius 1 is 1.09 bits per heavy atom. The van der Waals surface area contributed by atoms with Crippen molar-refractivity contribution in [3.05, 3.63) is 11.5 Å². The first-order chi connectivity index (χ1) is 5.13. The summed E-state index contributed by atoms with van der Waals surface area (Å²) in [5.74, 6) is -2.34. The Morgan fingerprint density at radius 3 is 1.73 bits per heavy atom. The van der Waals surface area contributed by atoms with Gasteiger partial charge in [-0.05, 0) is 0 Å². The van der Waals surface area contributed by atoms with Gasteiger partial charge < -0.3 is 20.9 Å². The molecule has 0 aliphatic carbocycles. The smallest absolute Gasteiger partial charge is 0.288 e. The summed E-state index contributed by atoms with van der Waals surface area (Å²) in [5.41, 5.74) is 9.63. The zero-order valence-electron chi connectivity index (χ0n) is 5.49. The van der Waals surface area contributed by atoms with Crippen molar-refractivity contribution in [2.75, 3.05) is 6.79 Å². The molecular weight excluding hydrogens is 152 g/mol. The van der Waals surface area contributed by atoms with Crippen molar-refractivity contribution in [3.8, 4) is 0 Å². The maximum absolute atomic E-state index is 10.5. The Bertz CT molecular complexity index is 221.